The van der Waals surface area contributed by atoms with Crippen LogP contribution in [0.1, 0.15) is 21.6 Å². The molecule has 2 aromatic rings. The average Bonchev–Trinajstić information content (AvgIpc) is 2.34. The summed E-state index contributed by atoms with van der Waals surface area (Å²) in [7, 11) is 0. The molecule has 92 valence electrons. The second-order valence-electron chi connectivity index (χ2n) is 4.13. The summed E-state index contributed by atoms with van der Waals surface area (Å²) in [6.07, 6.45) is 1.82. The number of aryl methyl sites for hydroxylation is 1. The number of hydrogen-bond donors (Lipinski definition) is 1. The van der Waals surface area contributed by atoms with Crippen molar-refractivity contribution in [2.24, 2.45) is 0 Å². The van der Waals surface area contributed by atoms with E-state index in [1.54, 1.807) is 30.5 Å². The molecule has 0 aliphatic rings. The quantitative estimate of drug-likeness (QED) is 0.682. The summed E-state index contributed by atoms with van der Waals surface area (Å²) in [5.41, 5.74) is 8.60. The molecule has 1 aromatic heterocycles. The number of halogens is 1. The summed E-state index contributed by atoms with van der Waals surface area (Å²) in [4.78, 5) is 16.2. The van der Waals surface area contributed by atoms with Gasteiger partial charge in [0.25, 0.3) is 0 Å². The molecule has 2 N–H and O–H groups in total. The van der Waals surface area contributed by atoms with Crippen molar-refractivity contribution in [2.45, 2.75) is 13.3 Å². The lowest BCUT2D eigenvalue weighted by molar-refractivity contribution is 0.0993. The van der Waals surface area contributed by atoms with Crippen molar-refractivity contribution < 1.29 is 4.79 Å². The van der Waals surface area contributed by atoms with E-state index in [-0.39, 0.29) is 12.2 Å². The van der Waals surface area contributed by atoms with Gasteiger partial charge in [0, 0.05) is 34.6 Å². The van der Waals surface area contributed by atoms with Crippen molar-refractivity contribution in [3.63, 3.8) is 0 Å². The van der Waals surface area contributed by atoms with Crippen LogP contribution in [0.5, 0.6) is 0 Å². The molecule has 0 spiro atoms. The van der Waals surface area contributed by atoms with E-state index < -0.39 is 0 Å². The summed E-state index contributed by atoms with van der Waals surface area (Å²) in [6, 6.07) is 8.72. The molecule has 1 heterocycles. The molecule has 0 saturated heterocycles. The predicted molar refractivity (Wildman–Crippen MR) is 72.9 cm³/mol. The first-order chi connectivity index (χ1) is 8.56. The number of pyridine rings is 1. The second kappa shape index (κ2) is 5.19. The van der Waals surface area contributed by atoms with Crippen molar-refractivity contribution in [3.05, 3.63) is 58.4 Å². The minimum atomic E-state index is -0.0172. The maximum atomic E-state index is 12.1. The van der Waals surface area contributed by atoms with Crippen molar-refractivity contribution in [1.82, 2.24) is 4.98 Å². The molecule has 0 radical (unpaired) electrons. The van der Waals surface area contributed by atoms with Gasteiger partial charge in [0.15, 0.2) is 5.78 Å². The van der Waals surface area contributed by atoms with Crippen molar-refractivity contribution in [1.29, 1.82) is 0 Å². The van der Waals surface area contributed by atoms with Gasteiger partial charge in [-0.15, -0.1) is 0 Å². The molecule has 0 saturated carbocycles. The minimum absolute atomic E-state index is 0.0172. The lowest BCUT2D eigenvalue weighted by Gasteiger charge is -2.05. The van der Waals surface area contributed by atoms with Gasteiger partial charge < -0.3 is 5.73 Å². The Morgan fingerprint density at radius 3 is 2.78 bits per heavy atom. The zero-order chi connectivity index (χ0) is 13.1. The van der Waals surface area contributed by atoms with E-state index in [1.807, 2.05) is 13.0 Å². The third-order valence-electron chi connectivity index (χ3n) is 2.69. The van der Waals surface area contributed by atoms with Crippen molar-refractivity contribution >= 4 is 23.1 Å². The smallest absolute Gasteiger partial charge is 0.168 e. The minimum Gasteiger partial charge on any atom is -0.398 e. The van der Waals surface area contributed by atoms with E-state index in [9.17, 15) is 4.79 Å². The molecule has 0 aliphatic heterocycles. The van der Waals surface area contributed by atoms with Crippen LogP contribution in [-0.2, 0) is 6.42 Å². The first kappa shape index (κ1) is 12.6. The van der Waals surface area contributed by atoms with Crippen LogP contribution in [0.15, 0.2) is 36.5 Å². The molecule has 0 aliphatic carbocycles. The number of nitrogens with zero attached hydrogens (tertiary/aromatic N) is 1. The van der Waals surface area contributed by atoms with Crippen molar-refractivity contribution in [2.75, 3.05) is 5.73 Å². The molecule has 3 nitrogen and oxygen atoms in total. The Bertz CT molecular complexity index is 579. The summed E-state index contributed by atoms with van der Waals surface area (Å²) in [5.74, 6) is -0.0172. The Labute approximate surface area is 111 Å². The predicted octanol–water partition coefficient (Wildman–Crippen LogP) is 3.05. The highest BCUT2D eigenvalue weighted by Gasteiger charge is 2.10. The number of hydrogen-bond acceptors (Lipinski definition) is 3. The van der Waals surface area contributed by atoms with Crippen LogP contribution in [-0.4, -0.2) is 10.8 Å². The summed E-state index contributed by atoms with van der Waals surface area (Å²) < 4.78 is 0. The highest BCUT2D eigenvalue weighted by Crippen LogP contribution is 2.19. The fraction of sp³-hybridized carbons (Fsp3) is 0.143. The zero-order valence-electron chi connectivity index (χ0n) is 9.98. The molecule has 0 amide bonds. The number of Topliss-reactive ketones (excluding diaryl/α,β-unsaturated/α-hetero) is 1. The molecule has 0 atom stereocenters. The molecule has 0 bridgehead atoms. The number of carbonyl (C=O) groups excluding carboxylic acids is 1. The first-order valence-corrected chi connectivity index (χ1v) is 5.94. The maximum Gasteiger partial charge on any atom is 0.168 e. The lowest BCUT2D eigenvalue weighted by atomic mass is 10.0. The van der Waals surface area contributed by atoms with Crippen LogP contribution in [0.3, 0.4) is 0 Å². The van der Waals surface area contributed by atoms with E-state index in [4.69, 9.17) is 17.3 Å². The van der Waals surface area contributed by atoms with Crippen LogP contribution in [0.25, 0.3) is 0 Å². The second-order valence-corrected chi connectivity index (χ2v) is 4.57. The van der Waals surface area contributed by atoms with Gasteiger partial charge in [0.1, 0.15) is 0 Å². The highest BCUT2D eigenvalue weighted by molar-refractivity contribution is 6.30. The number of carbonyl (C=O) groups is 1. The topological polar surface area (TPSA) is 56.0 Å². The Morgan fingerprint density at radius 2 is 2.11 bits per heavy atom. The number of nitrogen functional groups attached to an aromatic ring is 1. The summed E-state index contributed by atoms with van der Waals surface area (Å²) >= 11 is 5.89. The van der Waals surface area contributed by atoms with E-state index in [2.05, 4.69) is 4.98 Å². The first-order valence-electron chi connectivity index (χ1n) is 5.56. The van der Waals surface area contributed by atoms with Gasteiger partial charge in [-0.25, -0.2) is 0 Å². The van der Waals surface area contributed by atoms with Crippen LogP contribution < -0.4 is 5.73 Å². The van der Waals surface area contributed by atoms with Gasteiger partial charge >= 0.3 is 0 Å². The molecule has 1 aromatic carbocycles. The third-order valence-corrected chi connectivity index (χ3v) is 2.92. The Balaban J connectivity index is 2.21. The Morgan fingerprint density at radius 1 is 1.33 bits per heavy atom. The van der Waals surface area contributed by atoms with Crippen molar-refractivity contribution in [3.8, 4) is 0 Å². The molecular weight excluding hydrogens is 248 g/mol. The lowest BCUT2D eigenvalue weighted by Crippen LogP contribution is -2.06. The standard InChI is InChI=1S/C14H13ClN2O/c1-9-2-3-10(8-17-9)14(18)7-11-6-12(15)4-5-13(11)16/h2-6,8H,7,16H2,1H3. The Hall–Kier alpha value is -1.87. The van der Waals surface area contributed by atoms with Crippen LogP contribution in [0, 0.1) is 6.92 Å². The summed E-state index contributed by atoms with van der Waals surface area (Å²) in [6.45, 7) is 1.88. The SMILES string of the molecule is Cc1ccc(C(=O)Cc2cc(Cl)ccc2N)cn1. The highest BCUT2D eigenvalue weighted by atomic mass is 35.5. The average molecular weight is 261 g/mol. The number of benzene rings is 1. The van der Waals surface area contributed by atoms with Gasteiger partial charge in [-0.1, -0.05) is 11.6 Å². The number of rotatable bonds is 3. The number of anilines is 1. The maximum absolute atomic E-state index is 12.1. The van der Waals surface area contributed by atoms with E-state index in [1.165, 1.54) is 0 Å². The van der Waals surface area contributed by atoms with E-state index in [0.717, 1.165) is 11.3 Å². The number of ketones is 1. The van der Waals surface area contributed by atoms with Gasteiger partial charge in [-0.3, -0.25) is 9.78 Å². The van der Waals surface area contributed by atoms with Gasteiger partial charge in [-0.2, -0.15) is 0 Å². The van der Waals surface area contributed by atoms with Gasteiger partial charge in [-0.05, 0) is 42.8 Å². The number of nitrogens with two attached hydrogens (primary N) is 1. The molecule has 0 fully saturated rings. The van der Waals surface area contributed by atoms with Gasteiger partial charge in [0.2, 0.25) is 0 Å². The van der Waals surface area contributed by atoms with Crippen LogP contribution in [0.4, 0.5) is 5.69 Å². The summed E-state index contributed by atoms with van der Waals surface area (Å²) in [5, 5.41) is 0.578. The molecule has 0 unspecified atom stereocenters. The zero-order valence-corrected chi connectivity index (χ0v) is 10.7. The largest absolute Gasteiger partial charge is 0.398 e. The third kappa shape index (κ3) is 2.87. The fourth-order valence-electron chi connectivity index (χ4n) is 1.64. The molecular formula is C14H13ClN2O. The molecule has 2 rings (SSSR count). The molecule has 4 heteroatoms. The van der Waals surface area contributed by atoms with E-state index in [0.29, 0.717) is 16.3 Å². The fourth-order valence-corrected chi connectivity index (χ4v) is 1.83. The van der Waals surface area contributed by atoms with E-state index >= 15 is 0 Å². The molecule has 18 heavy (non-hydrogen) atoms. The normalized spacial score (nSPS) is 10.3. The van der Waals surface area contributed by atoms with Crippen LogP contribution in [0.2, 0.25) is 5.02 Å². The Kier molecular flexibility index (Phi) is 3.63. The van der Waals surface area contributed by atoms with Gasteiger partial charge in [0.05, 0.1) is 0 Å². The van der Waals surface area contributed by atoms with Crippen LogP contribution >= 0.6 is 11.6 Å². The monoisotopic (exact) mass is 260 g/mol. The number of aromatic nitrogens is 1.